The number of hydrogen-bond acceptors (Lipinski definition) is 3. The van der Waals surface area contributed by atoms with Crippen molar-refractivity contribution in [2.24, 2.45) is 0 Å². The van der Waals surface area contributed by atoms with Crippen LogP contribution in [0.2, 0.25) is 5.02 Å². The first kappa shape index (κ1) is 13.6. The van der Waals surface area contributed by atoms with Crippen LogP contribution in [0.5, 0.6) is 5.75 Å². The lowest BCUT2D eigenvalue weighted by atomic mass is 10.2. The molecule has 0 atom stereocenters. The quantitative estimate of drug-likeness (QED) is 0.907. The van der Waals surface area contributed by atoms with E-state index in [2.05, 4.69) is 22.3 Å². The Morgan fingerprint density at radius 1 is 1.11 bits per heavy atom. The van der Waals surface area contributed by atoms with Crippen LogP contribution in [0, 0.1) is 0 Å². The summed E-state index contributed by atoms with van der Waals surface area (Å²) in [6.07, 6.45) is 0. The van der Waals surface area contributed by atoms with Gasteiger partial charge in [-0.05, 0) is 36.4 Å². The molecule has 0 unspecified atom stereocenters. The van der Waals surface area contributed by atoms with E-state index in [1.807, 2.05) is 44.4 Å². The van der Waals surface area contributed by atoms with Gasteiger partial charge in [-0.25, -0.2) is 0 Å². The summed E-state index contributed by atoms with van der Waals surface area (Å²) < 4.78 is 5.32. The zero-order valence-corrected chi connectivity index (χ0v) is 12.0. The predicted octanol–water partition coefficient (Wildman–Crippen LogP) is 4.16. The van der Waals surface area contributed by atoms with Crippen LogP contribution >= 0.6 is 11.6 Å². The van der Waals surface area contributed by atoms with Gasteiger partial charge in [-0.1, -0.05) is 17.7 Å². The summed E-state index contributed by atoms with van der Waals surface area (Å²) in [5.74, 6) is 0.764. The van der Waals surface area contributed by atoms with Gasteiger partial charge >= 0.3 is 0 Å². The van der Waals surface area contributed by atoms with Crippen molar-refractivity contribution in [2.45, 2.75) is 0 Å². The van der Waals surface area contributed by atoms with Crippen LogP contribution in [0.15, 0.2) is 42.5 Å². The van der Waals surface area contributed by atoms with E-state index in [4.69, 9.17) is 16.3 Å². The highest BCUT2D eigenvalue weighted by atomic mass is 35.5. The van der Waals surface area contributed by atoms with Crippen LogP contribution in [0.1, 0.15) is 0 Å². The van der Waals surface area contributed by atoms with Gasteiger partial charge in [0.15, 0.2) is 0 Å². The molecule has 4 heteroatoms. The predicted molar refractivity (Wildman–Crippen MR) is 82.1 cm³/mol. The molecule has 2 aromatic carbocycles. The van der Waals surface area contributed by atoms with Crippen molar-refractivity contribution in [1.82, 2.24) is 0 Å². The second-order valence-electron chi connectivity index (χ2n) is 4.41. The highest BCUT2D eigenvalue weighted by Crippen LogP contribution is 2.31. The summed E-state index contributed by atoms with van der Waals surface area (Å²) in [6, 6.07) is 13.6. The van der Waals surface area contributed by atoms with Gasteiger partial charge < -0.3 is 15.0 Å². The largest absolute Gasteiger partial charge is 0.495 e. The first-order valence-corrected chi connectivity index (χ1v) is 6.36. The molecule has 0 amide bonds. The van der Waals surface area contributed by atoms with Crippen molar-refractivity contribution in [2.75, 3.05) is 31.4 Å². The van der Waals surface area contributed by atoms with Crippen LogP contribution in [0.3, 0.4) is 0 Å². The molecule has 0 aliphatic rings. The number of ether oxygens (including phenoxy) is 1. The maximum atomic E-state index is 6.02. The second kappa shape index (κ2) is 5.85. The molecule has 0 aliphatic carbocycles. The lowest BCUT2D eigenvalue weighted by Crippen LogP contribution is -2.08. The number of anilines is 3. The average Bonchev–Trinajstić information content (AvgIpc) is 2.39. The molecule has 0 saturated carbocycles. The molecule has 0 spiro atoms. The standard InChI is InChI=1S/C15H17ClN2O/c1-18(2)13-6-4-5-12(10-13)17-14-9-11(16)7-8-15(14)19-3/h4-10,17H,1-3H3. The van der Waals surface area contributed by atoms with Gasteiger partial charge in [-0.2, -0.15) is 0 Å². The minimum Gasteiger partial charge on any atom is -0.495 e. The van der Waals surface area contributed by atoms with Crippen LogP contribution in [0.25, 0.3) is 0 Å². The normalized spacial score (nSPS) is 10.1. The van der Waals surface area contributed by atoms with Crippen molar-refractivity contribution in [3.63, 3.8) is 0 Å². The number of nitrogens with zero attached hydrogens (tertiary/aromatic N) is 1. The molecule has 3 nitrogen and oxygen atoms in total. The Bertz CT molecular complexity index is 570. The second-order valence-corrected chi connectivity index (χ2v) is 4.85. The fraction of sp³-hybridized carbons (Fsp3) is 0.200. The molecule has 0 bridgehead atoms. The van der Waals surface area contributed by atoms with Crippen molar-refractivity contribution in [3.05, 3.63) is 47.5 Å². The molecule has 1 N–H and O–H groups in total. The molecule has 0 aromatic heterocycles. The van der Waals surface area contributed by atoms with Gasteiger partial charge in [0.2, 0.25) is 0 Å². The van der Waals surface area contributed by atoms with E-state index in [9.17, 15) is 0 Å². The van der Waals surface area contributed by atoms with E-state index in [1.165, 1.54) is 0 Å². The number of benzene rings is 2. The van der Waals surface area contributed by atoms with E-state index in [1.54, 1.807) is 7.11 Å². The molecule has 0 heterocycles. The Morgan fingerprint density at radius 2 is 1.89 bits per heavy atom. The van der Waals surface area contributed by atoms with Crippen molar-refractivity contribution in [3.8, 4) is 5.75 Å². The molecule has 2 rings (SSSR count). The lowest BCUT2D eigenvalue weighted by molar-refractivity contribution is 0.417. The molecule has 0 aliphatic heterocycles. The highest BCUT2D eigenvalue weighted by molar-refractivity contribution is 6.31. The van der Waals surface area contributed by atoms with E-state index < -0.39 is 0 Å². The smallest absolute Gasteiger partial charge is 0.142 e. The number of hydrogen-bond donors (Lipinski definition) is 1. The summed E-state index contributed by atoms with van der Waals surface area (Å²) in [6.45, 7) is 0. The molecule has 2 aromatic rings. The molecule has 0 saturated heterocycles. The minimum atomic E-state index is 0.673. The third-order valence-electron chi connectivity index (χ3n) is 2.80. The van der Waals surface area contributed by atoms with E-state index >= 15 is 0 Å². The first-order valence-electron chi connectivity index (χ1n) is 5.98. The number of rotatable bonds is 4. The Labute approximate surface area is 118 Å². The molecule has 0 radical (unpaired) electrons. The lowest BCUT2D eigenvalue weighted by Gasteiger charge is -2.15. The number of halogens is 1. The third kappa shape index (κ3) is 3.32. The van der Waals surface area contributed by atoms with Crippen LogP contribution in [0.4, 0.5) is 17.1 Å². The molecule has 100 valence electrons. The molecular formula is C15H17ClN2O. The van der Waals surface area contributed by atoms with Crippen molar-refractivity contribution in [1.29, 1.82) is 0 Å². The monoisotopic (exact) mass is 276 g/mol. The number of nitrogens with one attached hydrogen (secondary N) is 1. The van der Waals surface area contributed by atoms with Crippen LogP contribution in [-0.2, 0) is 0 Å². The Morgan fingerprint density at radius 3 is 2.58 bits per heavy atom. The number of methoxy groups -OCH3 is 1. The fourth-order valence-electron chi connectivity index (χ4n) is 1.80. The van der Waals surface area contributed by atoms with Gasteiger partial charge in [0.25, 0.3) is 0 Å². The Balaban J connectivity index is 2.30. The summed E-state index contributed by atoms with van der Waals surface area (Å²) >= 11 is 6.02. The molecular weight excluding hydrogens is 260 g/mol. The molecule has 0 fully saturated rings. The zero-order valence-electron chi connectivity index (χ0n) is 11.3. The first-order chi connectivity index (χ1) is 9.10. The topological polar surface area (TPSA) is 24.5 Å². The van der Waals surface area contributed by atoms with Crippen molar-refractivity contribution < 1.29 is 4.74 Å². The van der Waals surface area contributed by atoms with E-state index in [-0.39, 0.29) is 0 Å². The Hall–Kier alpha value is -1.87. The van der Waals surface area contributed by atoms with Gasteiger partial charge in [-0.3, -0.25) is 0 Å². The van der Waals surface area contributed by atoms with E-state index in [0.717, 1.165) is 22.8 Å². The van der Waals surface area contributed by atoms with Gasteiger partial charge in [-0.15, -0.1) is 0 Å². The summed E-state index contributed by atoms with van der Waals surface area (Å²) in [4.78, 5) is 2.06. The van der Waals surface area contributed by atoms with Gasteiger partial charge in [0.1, 0.15) is 5.75 Å². The summed E-state index contributed by atoms with van der Waals surface area (Å²) in [5, 5.41) is 4.00. The van der Waals surface area contributed by atoms with Crippen LogP contribution < -0.4 is 15.0 Å². The van der Waals surface area contributed by atoms with E-state index in [0.29, 0.717) is 5.02 Å². The summed E-state index contributed by atoms with van der Waals surface area (Å²) in [5.41, 5.74) is 2.98. The van der Waals surface area contributed by atoms with Crippen LogP contribution in [-0.4, -0.2) is 21.2 Å². The highest BCUT2D eigenvalue weighted by Gasteiger charge is 2.05. The van der Waals surface area contributed by atoms with Crippen molar-refractivity contribution >= 4 is 28.7 Å². The maximum absolute atomic E-state index is 6.02. The van der Waals surface area contributed by atoms with Gasteiger partial charge in [0.05, 0.1) is 12.8 Å². The Kier molecular flexibility index (Phi) is 4.17. The average molecular weight is 277 g/mol. The zero-order chi connectivity index (χ0) is 13.8. The minimum absolute atomic E-state index is 0.673. The maximum Gasteiger partial charge on any atom is 0.142 e. The third-order valence-corrected chi connectivity index (χ3v) is 3.04. The molecule has 19 heavy (non-hydrogen) atoms. The SMILES string of the molecule is COc1ccc(Cl)cc1Nc1cccc(N(C)C)c1. The van der Waals surface area contributed by atoms with Gasteiger partial charge in [0, 0.05) is 30.5 Å². The summed E-state index contributed by atoms with van der Waals surface area (Å²) in [7, 11) is 5.67. The fourth-order valence-corrected chi connectivity index (χ4v) is 1.97.